The summed E-state index contributed by atoms with van der Waals surface area (Å²) in [6, 6.07) is 9.43. The number of hydrogen-bond acceptors (Lipinski definition) is 2. The summed E-state index contributed by atoms with van der Waals surface area (Å²) in [6.45, 7) is 5.33. The number of fused-ring (bicyclic) bond motifs is 1. The molecule has 1 aromatic carbocycles. The molecule has 2 aromatic rings. The van der Waals surface area contributed by atoms with E-state index < -0.39 is 0 Å². The second-order valence-electron chi connectivity index (χ2n) is 5.04. The smallest absolute Gasteiger partial charge is 0.189 e. The first kappa shape index (κ1) is 13.2. The summed E-state index contributed by atoms with van der Waals surface area (Å²) in [7, 11) is 0. The molecule has 1 unspecified atom stereocenters. The molecule has 1 atom stereocenters. The minimum absolute atomic E-state index is 0.0915. The Labute approximate surface area is 113 Å². The fourth-order valence-corrected chi connectivity index (χ4v) is 2.69. The zero-order valence-corrected chi connectivity index (χ0v) is 11.7. The highest BCUT2D eigenvalue weighted by Crippen LogP contribution is 2.18. The van der Waals surface area contributed by atoms with Crippen LogP contribution in [-0.2, 0) is 6.54 Å². The van der Waals surface area contributed by atoms with Crippen LogP contribution in [0, 0.1) is 11.8 Å². The lowest BCUT2D eigenvalue weighted by Gasteiger charge is -2.21. The number of para-hydroxylation sites is 1. The minimum Gasteiger partial charge on any atom is -0.347 e. The normalized spacial score (nSPS) is 13.1. The zero-order valence-electron chi connectivity index (χ0n) is 10.8. The van der Waals surface area contributed by atoms with Gasteiger partial charge in [0.25, 0.3) is 0 Å². The Balaban J connectivity index is 2.46. The molecule has 0 radical (unpaired) electrons. The number of hydrogen-bond donors (Lipinski definition) is 1. The van der Waals surface area contributed by atoms with E-state index in [2.05, 4.69) is 31.0 Å². The third-order valence-electron chi connectivity index (χ3n) is 3.49. The van der Waals surface area contributed by atoms with Crippen molar-refractivity contribution >= 4 is 23.5 Å². The Bertz CT molecular complexity index is 588. The largest absolute Gasteiger partial charge is 0.347 e. The van der Waals surface area contributed by atoms with Crippen molar-refractivity contribution in [2.75, 3.05) is 5.75 Å². The minimum atomic E-state index is 0.0915. The van der Waals surface area contributed by atoms with Crippen LogP contribution in [0.4, 0.5) is 0 Å². The third-order valence-corrected chi connectivity index (χ3v) is 3.96. The highest BCUT2D eigenvalue weighted by Gasteiger charge is 2.13. The number of rotatable bonds is 4. The molecule has 1 aromatic heterocycles. The van der Waals surface area contributed by atoms with E-state index in [0.717, 1.165) is 23.2 Å². The van der Waals surface area contributed by atoms with Crippen molar-refractivity contribution in [1.29, 1.82) is 0 Å². The molecule has 3 heteroatoms. The van der Waals surface area contributed by atoms with Gasteiger partial charge in [-0.05, 0) is 29.7 Å². The second-order valence-corrected chi connectivity index (χ2v) is 5.40. The Hall–Kier alpha value is -1.22. The van der Waals surface area contributed by atoms with Crippen molar-refractivity contribution < 1.29 is 0 Å². The van der Waals surface area contributed by atoms with Crippen LogP contribution in [0.1, 0.15) is 13.8 Å². The number of nitrogens with zero attached hydrogens (tertiary/aromatic N) is 1. The average molecular weight is 261 g/mol. The van der Waals surface area contributed by atoms with Crippen LogP contribution < -0.4 is 5.43 Å². The highest BCUT2D eigenvalue weighted by atomic mass is 32.1. The molecule has 2 rings (SSSR count). The summed E-state index contributed by atoms with van der Waals surface area (Å²) in [5.41, 5.74) is 1.10. The SMILES string of the molecule is CC(C)C(CS)Cn1ccc(=O)c2ccccc21. The van der Waals surface area contributed by atoms with Gasteiger partial charge in [-0.2, -0.15) is 12.6 Å². The van der Waals surface area contributed by atoms with Crippen molar-refractivity contribution in [2.45, 2.75) is 20.4 Å². The third kappa shape index (κ3) is 2.61. The number of thiol groups is 1. The van der Waals surface area contributed by atoms with Crippen molar-refractivity contribution in [3.63, 3.8) is 0 Å². The lowest BCUT2D eigenvalue weighted by atomic mass is 9.97. The maximum absolute atomic E-state index is 11.8. The topological polar surface area (TPSA) is 22.0 Å². The number of pyridine rings is 1. The van der Waals surface area contributed by atoms with E-state index >= 15 is 0 Å². The molecule has 0 aliphatic carbocycles. The van der Waals surface area contributed by atoms with Gasteiger partial charge in [0.2, 0.25) is 0 Å². The van der Waals surface area contributed by atoms with Crippen LogP contribution >= 0.6 is 12.6 Å². The van der Waals surface area contributed by atoms with Crippen molar-refractivity contribution in [3.8, 4) is 0 Å². The van der Waals surface area contributed by atoms with Crippen molar-refractivity contribution in [1.82, 2.24) is 4.57 Å². The lowest BCUT2D eigenvalue weighted by molar-refractivity contribution is 0.376. The molecule has 0 saturated heterocycles. The van der Waals surface area contributed by atoms with E-state index in [1.54, 1.807) is 6.07 Å². The molecule has 18 heavy (non-hydrogen) atoms. The van der Waals surface area contributed by atoms with Gasteiger partial charge in [0, 0.05) is 24.2 Å². The Kier molecular flexibility index (Phi) is 4.12. The van der Waals surface area contributed by atoms with E-state index in [4.69, 9.17) is 0 Å². The molecule has 2 nitrogen and oxygen atoms in total. The predicted molar refractivity (Wildman–Crippen MR) is 80.4 cm³/mol. The van der Waals surface area contributed by atoms with E-state index in [1.807, 2.05) is 30.5 Å². The van der Waals surface area contributed by atoms with Crippen LogP contribution in [0.2, 0.25) is 0 Å². The fraction of sp³-hybridized carbons (Fsp3) is 0.400. The van der Waals surface area contributed by atoms with Gasteiger partial charge in [0.1, 0.15) is 0 Å². The fourth-order valence-electron chi connectivity index (χ4n) is 2.15. The van der Waals surface area contributed by atoms with Crippen molar-refractivity contribution in [2.24, 2.45) is 11.8 Å². The summed E-state index contributed by atoms with van der Waals surface area (Å²) in [4.78, 5) is 11.8. The summed E-state index contributed by atoms with van der Waals surface area (Å²) in [5, 5.41) is 0.793. The summed E-state index contributed by atoms with van der Waals surface area (Å²) in [6.07, 6.45) is 1.89. The van der Waals surface area contributed by atoms with Gasteiger partial charge in [-0.15, -0.1) is 0 Å². The molecule has 0 spiro atoms. The number of aromatic nitrogens is 1. The molecular formula is C15H19NOS. The van der Waals surface area contributed by atoms with Gasteiger partial charge in [-0.25, -0.2) is 0 Å². The van der Waals surface area contributed by atoms with Crippen LogP contribution in [0.3, 0.4) is 0 Å². The number of benzene rings is 1. The molecule has 0 bridgehead atoms. The maximum Gasteiger partial charge on any atom is 0.189 e. The molecule has 0 aliphatic heterocycles. The van der Waals surface area contributed by atoms with Crippen LogP contribution in [0.5, 0.6) is 0 Å². The van der Waals surface area contributed by atoms with E-state index in [1.165, 1.54) is 0 Å². The molecule has 1 heterocycles. The predicted octanol–water partition coefficient (Wildman–Crippen LogP) is 3.20. The molecular weight excluding hydrogens is 242 g/mol. The van der Waals surface area contributed by atoms with Gasteiger partial charge in [-0.3, -0.25) is 4.79 Å². The lowest BCUT2D eigenvalue weighted by Crippen LogP contribution is -2.19. The highest BCUT2D eigenvalue weighted by molar-refractivity contribution is 7.80. The monoisotopic (exact) mass is 261 g/mol. The van der Waals surface area contributed by atoms with E-state index in [9.17, 15) is 4.79 Å². The van der Waals surface area contributed by atoms with Gasteiger partial charge < -0.3 is 4.57 Å². The molecule has 0 fully saturated rings. The summed E-state index contributed by atoms with van der Waals surface area (Å²) in [5.74, 6) is 1.96. The van der Waals surface area contributed by atoms with E-state index in [0.29, 0.717) is 11.8 Å². The van der Waals surface area contributed by atoms with Crippen LogP contribution in [-0.4, -0.2) is 10.3 Å². The molecule has 0 aliphatic rings. The Morgan fingerprint density at radius 2 is 1.94 bits per heavy atom. The second kappa shape index (κ2) is 5.61. The quantitative estimate of drug-likeness (QED) is 0.839. The summed E-state index contributed by atoms with van der Waals surface area (Å²) < 4.78 is 2.16. The molecule has 0 N–H and O–H groups in total. The standard InChI is InChI=1S/C15H19NOS/c1-11(2)12(10-18)9-16-8-7-15(17)13-5-3-4-6-14(13)16/h3-8,11-12,18H,9-10H2,1-2H3. The van der Waals surface area contributed by atoms with Gasteiger partial charge in [-0.1, -0.05) is 26.0 Å². The Morgan fingerprint density at radius 1 is 1.22 bits per heavy atom. The maximum atomic E-state index is 11.8. The zero-order chi connectivity index (χ0) is 13.1. The molecule has 96 valence electrons. The average Bonchev–Trinajstić information content (AvgIpc) is 2.38. The first-order valence-electron chi connectivity index (χ1n) is 6.32. The van der Waals surface area contributed by atoms with Crippen LogP contribution in [0.25, 0.3) is 10.9 Å². The van der Waals surface area contributed by atoms with Gasteiger partial charge in [0.15, 0.2) is 5.43 Å². The van der Waals surface area contributed by atoms with E-state index in [-0.39, 0.29) is 5.43 Å². The Morgan fingerprint density at radius 3 is 2.61 bits per heavy atom. The van der Waals surface area contributed by atoms with Gasteiger partial charge in [0.05, 0.1) is 5.52 Å². The molecule has 0 amide bonds. The van der Waals surface area contributed by atoms with Crippen LogP contribution in [0.15, 0.2) is 41.3 Å². The first-order valence-corrected chi connectivity index (χ1v) is 6.95. The van der Waals surface area contributed by atoms with Gasteiger partial charge >= 0.3 is 0 Å². The molecule has 0 saturated carbocycles. The van der Waals surface area contributed by atoms with Crippen molar-refractivity contribution in [3.05, 3.63) is 46.8 Å². The summed E-state index contributed by atoms with van der Waals surface area (Å²) >= 11 is 4.42. The first-order chi connectivity index (χ1) is 8.63.